The van der Waals surface area contributed by atoms with Crippen molar-refractivity contribution in [2.45, 2.75) is 0 Å². The van der Waals surface area contributed by atoms with Gasteiger partial charge in [0.2, 0.25) is 10.0 Å². The molecular formula is C9H14N4O4S. The molecule has 0 aliphatic carbocycles. The van der Waals surface area contributed by atoms with E-state index >= 15 is 0 Å². The molecule has 0 fully saturated rings. The second-order valence-electron chi connectivity index (χ2n) is 3.66. The lowest BCUT2D eigenvalue weighted by Crippen LogP contribution is -2.27. The van der Waals surface area contributed by atoms with Crippen molar-refractivity contribution in [1.29, 1.82) is 0 Å². The third-order valence-corrected chi connectivity index (χ3v) is 2.70. The minimum atomic E-state index is -3.23. The number of nitro groups is 1. The number of sulfonamides is 1. The number of rotatable bonds is 6. The van der Waals surface area contributed by atoms with Gasteiger partial charge >= 0.3 is 0 Å². The van der Waals surface area contributed by atoms with Gasteiger partial charge in [-0.3, -0.25) is 10.1 Å². The Morgan fingerprint density at radius 3 is 2.56 bits per heavy atom. The minimum absolute atomic E-state index is 0.117. The molecule has 1 aromatic rings. The first-order valence-corrected chi connectivity index (χ1v) is 6.90. The number of non-ortho nitro benzene ring substituents is 1. The Balaban J connectivity index is 2.60. The quantitative estimate of drug-likeness (QED) is 0.293. The number of nitrogens with zero attached hydrogens (tertiary/aromatic N) is 1. The van der Waals surface area contributed by atoms with Crippen molar-refractivity contribution in [2.75, 3.05) is 30.4 Å². The van der Waals surface area contributed by atoms with Gasteiger partial charge in [-0.1, -0.05) is 0 Å². The lowest BCUT2D eigenvalue weighted by molar-refractivity contribution is -0.384. The minimum Gasteiger partial charge on any atom is -0.398 e. The Kier molecular flexibility index (Phi) is 4.45. The highest BCUT2D eigenvalue weighted by molar-refractivity contribution is 7.88. The van der Waals surface area contributed by atoms with Crippen LogP contribution >= 0.6 is 0 Å². The molecule has 8 nitrogen and oxygen atoms in total. The molecule has 0 saturated carbocycles. The average molecular weight is 274 g/mol. The largest absolute Gasteiger partial charge is 0.398 e. The SMILES string of the molecule is CS(=O)(=O)NCCNc1cc(N)cc([N+](=O)[O-])c1. The second kappa shape index (κ2) is 5.65. The van der Waals surface area contributed by atoms with Crippen LogP contribution in [0.3, 0.4) is 0 Å². The Morgan fingerprint density at radius 1 is 1.33 bits per heavy atom. The summed E-state index contributed by atoms with van der Waals surface area (Å²) >= 11 is 0. The van der Waals surface area contributed by atoms with Gasteiger partial charge in [0.15, 0.2) is 0 Å². The summed E-state index contributed by atoms with van der Waals surface area (Å²) in [5.41, 5.74) is 6.13. The highest BCUT2D eigenvalue weighted by Gasteiger charge is 2.08. The van der Waals surface area contributed by atoms with Crippen LogP contribution in [-0.4, -0.2) is 32.7 Å². The van der Waals surface area contributed by atoms with Crippen molar-refractivity contribution in [3.8, 4) is 0 Å². The third-order valence-electron chi connectivity index (χ3n) is 1.97. The first-order chi connectivity index (χ1) is 8.28. The van der Waals surface area contributed by atoms with Gasteiger partial charge in [-0.25, -0.2) is 13.1 Å². The highest BCUT2D eigenvalue weighted by Crippen LogP contribution is 2.21. The van der Waals surface area contributed by atoms with Crippen LogP contribution in [0.1, 0.15) is 0 Å². The fourth-order valence-electron chi connectivity index (χ4n) is 1.29. The number of nitro benzene ring substituents is 1. The third kappa shape index (κ3) is 4.97. The molecule has 0 heterocycles. The van der Waals surface area contributed by atoms with Gasteiger partial charge in [0.25, 0.3) is 5.69 Å². The predicted octanol–water partition coefficient (Wildman–Crippen LogP) is 0.138. The van der Waals surface area contributed by atoms with Crippen molar-refractivity contribution < 1.29 is 13.3 Å². The van der Waals surface area contributed by atoms with E-state index in [4.69, 9.17) is 5.73 Å². The summed E-state index contributed by atoms with van der Waals surface area (Å²) in [6.45, 7) is 0.481. The smallest absolute Gasteiger partial charge is 0.273 e. The maximum atomic E-state index is 10.8. The number of hydrogen-bond acceptors (Lipinski definition) is 6. The molecule has 4 N–H and O–H groups in total. The van der Waals surface area contributed by atoms with Crippen LogP contribution in [0.25, 0.3) is 0 Å². The van der Waals surface area contributed by atoms with Crippen molar-refractivity contribution in [1.82, 2.24) is 4.72 Å². The summed E-state index contributed by atoms with van der Waals surface area (Å²) in [7, 11) is -3.23. The van der Waals surface area contributed by atoms with E-state index in [0.29, 0.717) is 12.2 Å². The van der Waals surface area contributed by atoms with Crippen molar-refractivity contribution in [2.24, 2.45) is 0 Å². The maximum Gasteiger partial charge on any atom is 0.273 e. The van der Waals surface area contributed by atoms with Gasteiger partial charge in [-0.2, -0.15) is 0 Å². The van der Waals surface area contributed by atoms with Gasteiger partial charge < -0.3 is 11.1 Å². The van der Waals surface area contributed by atoms with Crippen LogP contribution in [0.4, 0.5) is 17.1 Å². The van der Waals surface area contributed by atoms with Gasteiger partial charge in [0.1, 0.15) is 0 Å². The second-order valence-corrected chi connectivity index (χ2v) is 5.50. The number of anilines is 2. The molecule has 0 saturated heterocycles. The molecule has 0 aliphatic heterocycles. The molecule has 0 aromatic heterocycles. The standard InChI is InChI=1S/C9H14N4O4S/c1-18(16,17)12-3-2-11-8-4-7(10)5-9(6-8)13(14)15/h4-6,11-12H,2-3,10H2,1H3. The van der Waals surface area contributed by atoms with E-state index in [0.717, 1.165) is 6.26 Å². The Morgan fingerprint density at radius 2 is 2.00 bits per heavy atom. The molecule has 0 unspecified atom stereocenters. The number of nitrogens with two attached hydrogens (primary N) is 1. The average Bonchev–Trinajstić information content (AvgIpc) is 2.22. The van der Waals surface area contributed by atoms with E-state index in [1.807, 2.05) is 0 Å². The summed E-state index contributed by atoms with van der Waals surface area (Å²) in [6.07, 6.45) is 1.05. The van der Waals surface area contributed by atoms with Gasteiger partial charge in [-0.05, 0) is 6.07 Å². The van der Waals surface area contributed by atoms with E-state index in [-0.39, 0.29) is 17.9 Å². The van der Waals surface area contributed by atoms with E-state index in [1.165, 1.54) is 18.2 Å². The first kappa shape index (κ1) is 14.2. The Labute approximate surface area is 104 Å². The molecule has 0 amide bonds. The van der Waals surface area contributed by atoms with Crippen molar-refractivity contribution in [3.05, 3.63) is 28.3 Å². The lowest BCUT2D eigenvalue weighted by atomic mass is 10.2. The molecule has 9 heteroatoms. The number of nitrogen functional groups attached to an aromatic ring is 1. The van der Waals surface area contributed by atoms with E-state index < -0.39 is 14.9 Å². The zero-order chi connectivity index (χ0) is 13.8. The Bertz CT molecular complexity index is 543. The summed E-state index contributed by atoms with van der Waals surface area (Å²) in [6, 6.07) is 4.12. The number of benzene rings is 1. The van der Waals surface area contributed by atoms with E-state index in [9.17, 15) is 18.5 Å². The van der Waals surface area contributed by atoms with Gasteiger partial charge in [0.05, 0.1) is 11.2 Å². The molecule has 1 rings (SSSR count). The Hall–Kier alpha value is -1.87. The van der Waals surface area contributed by atoms with E-state index in [2.05, 4.69) is 10.0 Å². The molecule has 100 valence electrons. The molecule has 0 atom stereocenters. The van der Waals surface area contributed by atoms with Crippen molar-refractivity contribution >= 4 is 27.1 Å². The molecule has 0 radical (unpaired) electrons. The fourth-order valence-corrected chi connectivity index (χ4v) is 1.76. The van der Waals surface area contributed by atoms with Gasteiger partial charge in [-0.15, -0.1) is 0 Å². The maximum absolute atomic E-state index is 10.8. The predicted molar refractivity (Wildman–Crippen MR) is 68.8 cm³/mol. The summed E-state index contributed by atoms with van der Waals surface area (Å²) < 4.78 is 23.9. The van der Waals surface area contributed by atoms with Crippen molar-refractivity contribution in [3.63, 3.8) is 0 Å². The zero-order valence-electron chi connectivity index (χ0n) is 9.71. The van der Waals surface area contributed by atoms with E-state index in [1.54, 1.807) is 0 Å². The number of hydrogen-bond donors (Lipinski definition) is 3. The van der Waals surface area contributed by atoms with Crippen LogP contribution in [0.2, 0.25) is 0 Å². The monoisotopic (exact) mass is 274 g/mol. The number of nitrogens with one attached hydrogen (secondary N) is 2. The zero-order valence-corrected chi connectivity index (χ0v) is 10.5. The molecular weight excluding hydrogens is 260 g/mol. The molecule has 0 spiro atoms. The topological polar surface area (TPSA) is 127 Å². The first-order valence-electron chi connectivity index (χ1n) is 5.01. The molecule has 1 aromatic carbocycles. The van der Waals surface area contributed by atoms with Crippen LogP contribution in [0, 0.1) is 10.1 Å². The fraction of sp³-hybridized carbons (Fsp3) is 0.333. The molecule has 0 bridgehead atoms. The summed E-state index contributed by atoms with van der Waals surface area (Å²) in [4.78, 5) is 10.1. The normalized spacial score (nSPS) is 11.2. The van der Waals surface area contributed by atoms with Gasteiger partial charge in [0, 0.05) is 36.6 Å². The van der Waals surface area contributed by atoms with Crippen LogP contribution in [-0.2, 0) is 10.0 Å². The molecule has 0 aliphatic rings. The summed E-state index contributed by atoms with van der Waals surface area (Å²) in [5, 5.41) is 13.4. The highest BCUT2D eigenvalue weighted by atomic mass is 32.2. The summed E-state index contributed by atoms with van der Waals surface area (Å²) in [5.74, 6) is 0. The lowest BCUT2D eigenvalue weighted by Gasteiger charge is -2.07. The van der Waals surface area contributed by atoms with Crippen LogP contribution in [0.5, 0.6) is 0 Å². The van der Waals surface area contributed by atoms with Crippen LogP contribution < -0.4 is 15.8 Å². The van der Waals surface area contributed by atoms with Crippen LogP contribution in [0.15, 0.2) is 18.2 Å². The molecule has 18 heavy (non-hydrogen) atoms.